The largest absolute Gasteiger partial charge is 0.493 e. The van der Waals surface area contributed by atoms with Crippen LogP contribution in [0.1, 0.15) is 24.5 Å². The van der Waals surface area contributed by atoms with Gasteiger partial charge in [-0.3, -0.25) is 4.79 Å². The molecule has 4 heteroatoms. The second kappa shape index (κ2) is 7.01. The molecule has 2 N–H and O–H groups in total. The van der Waals surface area contributed by atoms with Crippen molar-refractivity contribution in [3.8, 4) is 5.75 Å². The van der Waals surface area contributed by atoms with Gasteiger partial charge >= 0.3 is 5.97 Å². The van der Waals surface area contributed by atoms with E-state index in [1.165, 1.54) is 5.56 Å². The number of carboxylic acids is 1. The van der Waals surface area contributed by atoms with Crippen LogP contribution in [0, 0.1) is 13.8 Å². The number of aliphatic carboxylic acids is 1. The first kappa shape index (κ1) is 14.5. The van der Waals surface area contributed by atoms with Crippen LogP contribution in [0.25, 0.3) is 0 Å². The Morgan fingerprint density at radius 3 is 2.83 bits per heavy atom. The summed E-state index contributed by atoms with van der Waals surface area (Å²) < 4.78 is 5.67. The van der Waals surface area contributed by atoms with E-state index in [4.69, 9.17) is 9.84 Å². The van der Waals surface area contributed by atoms with Crippen molar-refractivity contribution in [1.29, 1.82) is 0 Å². The maximum Gasteiger partial charge on any atom is 0.320 e. The Hall–Kier alpha value is -1.55. The molecule has 0 heterocycles. The van der Waals surface area contributed by atoms with Crippen LogP contribution in [-0.2, 0) is 4.79 Å². The average Bonchev–Trinajstić information content (AvgIpc) is 2.32. The first-order valence-corrected chi connectivity index (χ1v) is 6.17. The van der Waals surface area contributed by atoms with Crippen molar-refractivity contribution in [3.63, 3.8) is 0 Å². The second-order valence-corrected chi connectivity index (χ2v) is 4.49. The van der Waals surface area contributed by atoms with Gasteiger partial charge in [-0.2, -0.15) is 0 Å². The lowest BCUT2D eigenvalue weighted by atomic mass is 10.1. The quantitative estimate of drug-likeness (QED) is 0.729. The molecule has 18 heavy (non-hydrogen) atoms. The summed E-state index contributed by atoms with van der Waals surface area (Å²) in [5, 5.41) is 11.6. The van der Waals surface area contributed by atoms with Crippen molar-refractivity contribution in [3.05, 3.63) is 29.3 Å². The summed E-state index contributed by atoms with van der Waals surface area (Å²) in [6.45, 7) is 6.90. The summed E-state index contributed by atoms with van der Waals surface area (Å²) in [6.07, 6.45) is 0.783. The highest BCUT2D eigenvalue weighted by atomic mass is 16.5. The molecule has 0 aromatic heterocycles. The number of nitrogens with one attached hydrogen (secondary N) is 1. The lowest BCUT2D eigenvalue weighted by molar-refractivity contribution is -0.139. The number of rotatable bonds is 7. The van der Waals surface area contributed by atoms with Crippen LogP contribution >= 0.6 is 0 Å². The zero-order chi connectivity index (χ0) is 13.5. The topological polar surface area (TPSA) is 58.6 Å². The number of carbonyl (C=O) groups is 1. The number of hydrogen-bond acceptors (Lipinski definition) is 3. The molecule has 0 radical (unpaired) electrons. The van der Waals surface area contributed by atoms with E-state index in [9.17, 15) is 4.79 Å². The predicted octanol–water partition coefficient (Wildman–Crippen LogP) is 2.14. The van der Waals surface area contributed by atoms with Gasteiger partial charge in [0.2, 0.25) is 0 Å². The van der Waals surface area contributed by atoms with E-state index < -0.39 is 12.0 Å². The van der Waals surface area contributed by atoms with Gasteiger partial charge in [-0.05, 0) is 50.9 Å². The molecule has 0 aliphatic heterocycles. The highest BCUT2D eigenvalue weighted by Gasteiger charge is 2.08. The molecule has 0 saturated heterocycles. The van der Waals surface area contributed by atoms with Gasteiger partial charge in [0.25, 0.3) is 0 Å². The first-order chi connectivity index (χ1) is 8.50. The Kier molecular flexibility index (Phi) is 5.65. The molecule has 0 aliphatic rings. The maximum absolute atomic E-state index is 10.6. The smallest absolute Gasteiger partial charge is 0.320 e. The number of carboxylic acid groups (broad SMARTS) is 1. The van der Waals surface area contributed by atoms with Crippen LogP contribution in [0.4, 0.5) is 0 Å². The zero-order valence-electron chi connectivity index (χ0n) is 11.2. The molecule has 1 aromatic carbocycles. The summed E-state index contributed by atoms with van der Waals surface area (Å²) >= 11 is 0. The lowest BCUT2D eigenvalue weighted by Crippen LogP contribution is -2.34. The van der Waals surface area contributed by atoms with Crippen molar-refractivity contribution in [2.75, 3.05) is 13.2 Å². The van der Waals surface area contributed by atoms with Crippen molar-refractivity contribution < 1.29 is 14.6 Å². The average molecular weight is 251 g/mol. The van der Waals surface area contributed by atoms with Crippen LogP contribution in [0.5, 0.6) is 5.75 Å². The Bertz CT molecular complexity index is 404. The first-order valence-electron chi connectivity index (χ1n) is 6.17. The highest BCUT2D eigenvalue weighted by Crippen LogP contribution is 2.18. The Balaban J connectivity index is 2.26. The van der Waals surface area contributed by atoms with E-state index in [2.05, 4.69) is 11.4 Å². The fraction of sp³-hybridized carbons (Fsp3) is 0.500. The molecule has 0 aliphatic carbocycles. The van der Waals surface area contributed by atoms with Gasteiger partial charge in [-0.1, -0.05) is 12.1 Å². The van der Waals surface area contributed by atoms with Crippen LogP contribution in [0.3, 0.4) is 0 Å². The lowest BCUT2D eigenvalue weighted by Gasteiger charge is -2.11. The van der Waals surface area contributed by atoms with Gasteiger partial charge in [0.1, 0.15) is 11.8 Å². The second-order valence-electron chi connectivity index (χ2n) is 4.49. The number of aryl methyl sites for hydroxylation is 2. The molecule has 1 atom stereocenters. The molecule has 0 saturated carbocycles. The molecule has 0 spiro atoms. The third kappa shape index (κ3) is 4.75. The number of benzene rings is 1. The standard InChI is InChI=1S/C14H21NO3/c1-10-5-6-11(2)13(9-10)18-8-4-7-15-12(3)14(16)17/h5-6,9,12,15H,4,7-8H2,1-3H3,(H,16,17). The molecule has 4 nitrogen and oxygen atoms in total. The van der Waals surface area contributed by atoms with Gasteiger partial charge in [-0.25, -0.2) is 0 Å². The van der Waals surface area contributed by atoms with E-state index in [0.717, 1.165) is 17.7 Å². The summed E-state index contributed by atoms with van der Waals surface area (Å²) in [5.41, 5.74) is 2.29. The fourth-order valence-corrected chi connectivity index (χ4v) is 1.52. The molecule has 1 aromatic rings. The van der Waals surface area contributed by atoms with Crippen LogP contribution in [-0.4, -0.2) is 30.3 Å². The summed E-state index contributed by atoms with van der Waals surface area (Å²) in [5.74, 6) is 0.0757. The Labute approximate surface area is 108 Å². The van der Waals surface area contributed by atoms with E-state index in [0.29, 0.717) is 13.2 Å². The van der Waals surface area contributed by atoms with E-state index in [1.807, 2.05) is 26.0 Å². The van der Waals surface area contributed by atoms with Crippen molar-refractivity contribution in [2.24, 2.45) is 0 Å². The molecule has 0 bridgehead atoms. The van der Waals surface area contributed by atoms with Gasteiger partial charge < -0.3 is 15.2 Å². The minimum Gasteiger partial charge on any atom is -0.493 e. The minimum atomic E-state index is -0.828. The number of hydrogen-bond donors (Lipinski definition) is 2. The van der Waals surface area contributed by atoms with Gasteiger partial charge in [0.05, 0.1) is 6.61 Å². The third-order valence-electron chi connectivity index (χ3n) is 2.74. The van der Waals surface area contributed by atoms with Gasteiger partial charge in [0, 0.05) is 0 Å². The summed E-state index contributed by atoms with van der Waals surface area (Å²) in [4.78, 5) is 10.6. The normalized spacial score (nSPS) is 12.2. The molecule has 1 unspecified atom stereocenters. The highest BCUT2D eigenvalue weighted by molar-refractivity contribution is 5.72. The summed E-state index contributed by atoms with van der Waals surface area (Å²) in [6, 6.07) is 5.60. The monoisotopic (exact) mass is 251 g/mol. The maximum atomic E-state index is 10.6. The Morgan fingerprint density at radius 2 is 2.17 bits per heavy atom. The van der Waals surface area contributed by atoms with Crippen LogP contribution in [0.15, 0.2) is 18.2 Å². The summed E-state index contributed by atoms with van der Waals surface area (Å²) in [7, 11) is 0. The molecule has 0 fully saturated rings. The third-order valence-corrected chi connectivity index (χ3v) is 2.74. The number of ether oxygens (including phenoxy) is 1. The minimum absolute atomic E-state index is 0.509. The molecular formula is C14H21NO3. The van der Waals surface area contributed by atoms with Crippen LogP contribution < -0.4 is 10.1 Å². The van der Waals surface area contributed by atoms with Crippen molar-refractivity contribution in [1.82, 2.24) is 5.32 Å². The Morgan fingerprint density at radius 1 is 1.44 bits per heavy atom. The predicted molar refractivity (Wildman–Crippen MR) is 71.1 cm³/mol. The molecule has 100 valence electrons. The zero-order valence-corrected chi connectivity index (χ0v) is 11.2. The van der Waals surface area contributed by atoms with Gasteiger partial charge in [0.15, 0.2) is 0 Å². The fourth-order valence-electron chi connectivity index (χ4n) is 1.52. The molecule has 0 amide bonds. The van der Waals surface area contributed by atoms with Crippen molar-refractivity contribution in [2.45, 2.75) is 33.2 Å². The van der Waals surface area contributed by atoms with Gasteiger partial charge in [-0.15, -0.1) is 0 Å². The van der Waals surface area contributed by atoms with E-state index >= 15 is 0 Å². The molecule has 1 rings (SSSR count). The molecular weight excluding hydrogens is 230 g/mol. The SMILES string of the molecule is Cc1ccc(C)c(OCCCNC(C)C(=O)O)c1. The van der Waals surface area contributed by atoms with E-state index in [1.54, 1.807) is 6.92 Å². The van der Waals surface area contributed by atoms with E-state index in [-0.39, 0.29) is 0 Å². The van der Waals surface area contributed by atoms with Crippen molar-refractivity contribution >= 4 is 5.97 Å². The van der Waals surface area contributed by atoms with Crippen LogP contribution in [0.2, 0.25) is 0 Å².